The molecule has 0 spiro atoms. The van der Waals surface area contributed by atoms with Crippen molar-refractivity contribution >= 4 is 0 Å². The minimum Gasteiger partial charge on any atom is -0.334 e. The molecule has 1 saturated carbocycles. The van der Waals surface area contributed by atoms with E-state index in [4.69, 9.17) is 0 Å². The topological polar surface area (TPSA) is 29.9 Å². The smallest absolute Gasteiger partial charge is 0.126 e. The van der Waals surface area contributed by atoms with Gasteiger partial charge in [0.1, 0.15) is 5.82 Å². The van der Waals surface area contributed by atoms with Gasteiger partial charge >= 0.3 is 0 Å². The van der Waals surface area contributed by atoms with Crippen LogP contribution in [0.3, 0.4) is 0 Å². The maximum absolute atomic E-state index is 4.58. The van der Waals surface area contributed by atoms with E-state index in [0.29, 0.717) is 11.5 Å². The Bertz CT molecular complexity index is 350. The minimum absolute atomic E-state index is 0.366. The molecular formula is C14H25N3. The summed E-state index contributed by atoms with van der Waals surface area (Å²) in [4.78, 5) is 4.58. The van der Waals surface area contributed by atoms with Crippen molar-refractivity contribution in [3.8, 4) is 0 Å². The summed E-state index contributed by atoms with van der Waals surface area (Å²) in [6.45, 7) is 5.60. The van der Waals surface area contributed by atoms with Crippen molar-refractivity contribution in [2.24, 2.45) is 5.41 Å². The molecule has 1 heterocycles. The number of hydrogen-bond donors (Lipinski definition) is 1. The zero-order valence-corrected chi connectivity index (χ0v) is 11.4. The van der Waals surface area contributed by atoms with Gasteiger partial charge in [0, 0.05) is 18.9 Å². The Kier molecular flexibility index (Phi) is 3.87. The van der Waals surface area contributed by atoms with E-state index in [1.54, 1.807) is 0 Å². The molecule has 1 aromatic rings. The lowest BCUT2D eigenvalue weighted by molar-refractivity contribution is 0.142. The number of nitrogens with zero attached hydrogens (tertiary/aromatic N) is 2. The Morgan fingerprint density at radius 2 is 2.12 bits per heavy atom. The Morgan fingerprint density at radius 3 is 2.71 bits per heavy atom. The largest absolute Gasteiger partial charge is 0.334 e. The monoisotopic (exact) mass is 235 g/mol. The van der Waals surface area contributed by atoms with Crippen molar-refractivity contribution in [1.82, 2.24) is 14.9 Å². The Balaban J connectivity index is 2.26. The van der Waals surface area contributed by atoms with Crippen molar-refractivity contribution in [2.75, 3.05) is 7.05 Å². The van der Waals surface area contributed by atoms with Crippen LogP contribution < -0.4 is 5.32 Å². The number of nitrogens with one attached hydrogen (secondary N) is 1. The van der Waals surface area contributed by atoms with Gasteiger partial charge < -0.3 is 9.88 Å². The second kappa shape index (κ2) is 5.21. The molecule has 1 atom stereocenters. The number of rotatable bonds is 4. The lowest BCUT2D eigenvalue weighted by Gasteiger charge is -2.40. The molecule has 0 aromatic carbocycles. The molecule has 1 N–H and O–H groups in total. The first-order chi connectivity index (χ1) is 8.21. The van der Waals surface area contributed by atoms with E-state index in [1.165, 1.54) is 37.9 Å². The third-order valence-corrected chi connectivity index (χ3v) is 4.33. The Labute approximate surface area is 105 Å². The first kappa shape index (κ1) is 12.6. The zero-order chi connectivity index (χ0) is 12.3. The van der Waals surface area contributed by atoms with Gasteiger partial charge in [0.15, 0.2) is 0 Å². The van der Waals surface area contributed by atoms with Crippen LogP contribution in [0, 0.1) is 5.41 Å². The summed E-state index contributed by atoms with van der Waals surface area (Å²) in [5.74, 6) is 1.21. The van der Waals surface area contributed by atoms with Crippen molar-refractivity contribution in [3.05, 3.63) is 18.2 Å². The first-order valence-corrected chi connectivity index (χ1v) is 6.89. The highest BCUT2D eigenvalue weighted by molar-refractivity contribution is 5.06. The molecule has 3 heteroatoms. The minimum atomic E-state index is 0.366. The second-order valence-electron chi connectivity index (χ2n) is 5.51. The van der Waals surface area contributed by atoms with Crippen molar-refractivity contribution in [3.63, 3.8) is 0 Å². The molecule has 0 aliphatic heterocycles. The maximum Gasteiger partial charge on any atom is 0.126 e. The normalized spacial score (nSPS) is 21.4. The fourth-order valence-electron chi connectivity index (χ4n) is 3.29. The summed E-state index contributed by atoms with van der Waals surface area (Å²) in [5, 5.41) is 3.51. The van der Waals surface area contributed by atoms with Crippen molar-refractivity contribution in [2.45, 2.75) is 58.5 Å². The van der Waals surface area contributed by atoms with E-state index in [2.05, 4.69) is 42.0 Å². The molecule has 1 fully saturated rings. The van der Waals surface area contributed by atoms with Gasteiger partial charge in [0.05, 0.1) is 6.04 Å². The van der Waals surface area contributed by atoms with Gasteiger partial charge in [-0.25, -0.2) is 4.98 Å². The van der Waals surface area contributed by atoms with Gasteiger partial charge in [-0.15, -0.1) is 0 Å². The second-order valence-corrected chi connectivity index (χ2v) is 5.51. The predicted octanol–water partition coefficient (Wildman–Crippen LogP) is 3.13. The SMILES string of the molecule is CCn1ccnc1C(NC)C1(C)CCCCC1. The molecule has 1 unspecified atom stereocenters. The average Bonchev–Trinajstić information content (AvgIpc) is 2.79. The van der Waals surface area contributed by atoms with E-state index < -0.39 is 0 Å². The van der Waals surface area contributed by atoms with Gasteiger partial charge in [0.25, 0.3) is 0 Å². The van der Waals surface area contributed by atoms with Crippen LogP contribution in [0.1, 0.15) is 57.8 Å². The van der Waals surface area contributed by atoms with E-state index in [1.807, 2.05) is 6.20 Å². The van der Waals surface area contributed by atoms with Gasteiger partial charge in [0.2, 0.25) is 0 Å². The van der Waals surface area contributed by atoms with Crippen molar-refractivity contribution in [1.29, 1.82) is 0 Å². The van der Waals surface area contributed by atoms with Crippen LogP contribution >= 0.6 is 0 Å². The molecule has 0 radical (unpaired) electrons. The molecule has 1 aliphatic carbocycles. The molecular weight excluding hydrogens is 210 g/mol. The molecule has 3 nitrogen and oxygen atoms in total. The summed E-state index contributed by atoms with van der Waals surface area (Å²) in [5.41, 5.74) is 0.366. The van der Waals surface area contributed by atoms with E-state index in [9.17, 15) is 0 Å². The number of aryl methyl sites for hydroxylation is 1. The van der Waals surface area contributed by atoms with Crippen LogP contribution in [0.25, 0.3) is 0 Å². The van der Waals surface area contributed by atoms with E-state index >= 15 is 0 Å². The predicted molar refractivity (Wildman–Crippen MR) is 70.9 cm³/mol. The van der Waals surface area contributed by atoms with Crippen LogP contribution in [-0.4, -0.2) is 16.6 Å². The summed E-state index contributed by atoms with van der Waals surface area (Å²) in [6, 6.07) is 0.387. The molecule has 0 saturated heterocycles. The van der Waals surface area contributed by atoms with Gasteiger partial charge in [-0.2, -0.15) is 0 Å². The van der Waals surface area contributed by atoms with Crippen LogP contribution in [0.4, 0.5) is 0 Å². The molecule has 2 rings (SSSR count). The highest BCUT2D eigenvalue weighted by Crippen LogP contribution is 2.44. The third-order valence-electron chi connectivity index (χ3n) is 4.33. The summed E-state index contributed by atoms with van der Waals surface area (Å²) in [6.07, 6.45) is 10.8. The molecule has 17 heavy (non-hydrogen) atoms. The van der Waals surface area contributed by atoms with Crippen molar-refractivity contribution < 1.29 is 0 Å². The highest BCUT2D eigenvalue weighted by atomic mass is 15.1. The molecule has 96 valence electrons. The van der Waals surface area contributed by atoms with Crippen LogP contribution in [-0.2, 0) is 6.54 Å². The summed E-state index contributed by atoms with van der Waals surface area (Å²) in [7, 11) is 2.07. The Hall–Kier alpha value is -0.830. The molecule has 1 aromatic heterocycles. The van der Waals surface area contributed by atoms with Crippen LogP contribution in [0.15, 0.2) is 12.4 Å². The third kappa shape index (κ3) is 2.39. The fraction of sp³-hybridized carbons (Fsp3) is 0.786. The van der Waals surface area contributed by atoms with Crippen LogP contribution in [0.2, 0.25) is 0 Å². The zero-order valence-electron chi connectivity index (χ0n) is 11.4. The number of aromatic nitrogens is 2. The van der Waals surface area contributed by atoms with E-state index in [0.717, 1.165) is 6.54 Å². The highest BCUT2D eigenvalue weighted by Gasteiger charge is 2.37. The summed E-state index contributed by atoms with van der Waals surface area (Å²) >= 11 is 0. The van der Waals surface area contributed by atoms with Gasteiger partial charge in [-0.05, 0) is 32.2 Å². The first-order valence-electron chi connectivity index (χ1n) is 6.89. The summed E-state index contributed by atoms with van der Waals surface area (Å²) < 4.78 is 2.26. The average molecular weight is 235 g/mol. The molecule has 0 bridgehead atoms. The van der Waals surface area contributed by atoms with Gasteiger partial charge in [-0.1, -0.05) is 26.2 Å². The number of hydrogen-bond acceptors (Lipinski definition) is 2. The maximum atomic E-state index is 4.58. The van der Waals surface area contributed by atoms with E-state index in [-0.39, 0.29) is 0 Å². The lowest BCUT2D eigenvalue weighted by Crippen LogP contribution is -2.37. The quantitative estimate of drug-likeness (QED) is 0.869. The van der Waals surface area contributed by atoms with Crippen LogP contribution in [0.5, 0.6) is 0 Å². The molecule has 1 aliphatic rings. The van der Waals surface area contributed by atoms with Gasteiger partial charge in [-0.3, -0.25) is 0 Å². The molecule has 0 amide bonds. The lowest BCUT2D eigenvalue weighted by atomic mass is 9.70. The fourth-order valence-corrected chi connectivity index (χ4v) is 3.29. The number of imidazole rings is 1. The standard InChI is InChI=1S/C14H25N3/c1-4-17-11-10-16-13(17)12(15-3)14(2)8-6-5-7-9-14/h10-12,15H,4-9H2,1-3H3. The Morgan fingerprint density at radius 1 is 1.41 bits per heavy atom.